The Morgan fingerprint density at radius 1 is 1.55 bits per heavy atom. The number of hydrogen-bond acceptors (Lipinski definition) is 3. The van der Waals surface area contributed by atoms with E-state index in [1.807, 2.05) is 0 Å². The lowest BCUT2D eigenvalue weighted by Gasteiger charge is -2.14. The summed E-state index contributed by atoms with van der Waals surface area (Å²) in [6.45, 7) is 1.28. The van der Waals surface area contributed by atoms with Gasteiger partial charge in [-0.05, 0) is 12.8 Å². The second kappa shape index (κ2) is 2.70. The zero-order valence-corrected chi connectivity index (χ0v) is 6.21. The van der Waals surface area contributed by atoms with E-state index >= 15 is 0 Å². The van der Waals surface area contributed by atoms with Crippen molar-refractivity contribution >= 4 is 6.09 Å². The van der Waals surface area contributed by atoms with Crippen molar-refractivity contribution in [2.75, 3.05) is 13.2 Å². The Bertz CT molecular complexity index is 165. The molecule has 0 spiro atoms. The second-order valence-corrected chi connectivity index (χ2v) is 2.90. The van der Waals surface area contributed by atoms with Gasteiger partial charge < -0.3 is 14.8 Å². The van der Waals surface area contributed by atoms with Crippen molar-refractivity contribution < 1.29 is 14.3 Å². The minimum atomic E-state index is -0.314. The molecule has 2 saturated heterocycles. The fourth-order valence-corrected chi connectivity index (χ4v) is 1.52. The summed E-state index contributed by atoms with van der Waals surface area (Å²) in [6, 6.07) is 0.0880. The number of alkyl carbamates (subject to hydrolysis) is 1. The van der Waals surface area contributed by atoms with Gasteiger partial charge >= 0.3 is 6.09 Å². The van der Waals surface area contributed by atoms with Gasteiger partial charge in [-0.2, -0.15) is 0 Å². The smallest absolute Gasteiger partial charge is 0.407 e. The van der Waals surface area contributed by atoms with Gasteiger partial charge in [-0.15, -0.1) is 0 Å². The third-order valence-electron chi connectivity index (χ3n) is 2.11. The molecule has 11 heavy (non-hydrogen) atoms. The molecular formula is C7H11NO3. The number of rotatable bonds is 1. The lowest BCUT2D eigenvalue weighted by atomic mass is 10.1. The maximum absolute atomic E-state index is 10.6. The monoisotopic (exact) mass is 157 g/mol. The van der Waals surface area contributed by atoms with Crippen LogP contribution in [0, 0.1) is 0 Å². The van der Waals surface area contributed by atoms with Crippen LogP contribution < -0.4 is 5.32 Å². The van der Waals surface area contributed by atoms with Crippen molar-refractivity contribution in [2.24, 2.45) is 0 Å². The summed E-state index contributed by atoms with van der Waals surface area (Å²) in [4.78, 5) is 10.6. The summed E-state index contributed by atoms with van der Waals surface area (Å²) < 4.78 is 10.1. The number of carbonyl (C=O) groups excluding carboxylic acids is 1. The van der Waals surface area contributed by atoms with Gasteiger partial charge in [0, 0.05) is 6.61 Å². The molecule has 4 nitrogen and oxygen atoms in total. The topological polar surface area (TPSA) is 47.6 Å². The molecule has 2 unspecified atom stereocenters. The lowest BCUT2D eigenvalue weighted by molar-refractivity contribution is 0.0793. The van der Waals surface area contributed by atoms with E-state index in [1.54, 1.807) is 0 Å². The van der Waals surface area contributed by atoms with Gasteiger partial charge in [0.2, 0.25) is 0 Å². The molecule has 2 rings (SSSR count). The lowest BCUT2D eigenvalue weighted by Crippen LogP contribution is -2.37. The van der Waals surface area contributed by atoms with Crippen LogP contribution in [-0.4, -0.2) is 31.5 Å². The summed E-state index contributed by atoms with van der Waals surface area (Å²) in [7, 11) is 0. The molecule has 2 atom stereocenters. The van der Waals surface area contributed by atoms with E-state index in [1.165, 1.54) is 0 Å². The standard InChI is InChI=1S/C7H11NO3/c9-7-8-5(4-11-7)6-2-1-3-10-6/h5-6H,1-4H2,(H,8,9). The minimum absolute atomic E-state index is 0.0880. The zero-order valence-electron chi connectivity index (χ0n) is 6.21. The number of amides is 1. The van der Waals surface area contributed by atoms with E-state index in [2.05, 4.69) is 5.32 Å². The third kappa shape index (κ3) is 1.30. The van der Waals surface area contributed by atoms with E-state index in [4.69, 9.17) is 9.47 Å². The average molecular weight is 157 g/mol. The molecule has 0 bridgehead atoms. The first-order valence-corrected chi connectivity index (χ1v) is 3.91. The molecule has 2 aliphatic rings. The fraction of sp³-hybridized carbons (Fsp3) is 0.857. The number of hydrogen-bond donors (Lipinski definition) is 1. The maximum atomic E-state index is 10.6. The first-order valence-electron chi connectivity index (χ1n) is 3.91. The van der Waals surface area contributed by atoms with Gasteiger partial charge in [0.25, 0.3) is 0 Å². The molecule has 0 aromatic heterocycles. The highest BCUT2D eigenvalue weighted by atomic mass is 16.6. The van der Waals surface area contributed by atoms with Gasteiger partial charge in [0.1, 0.15) is 6.61 Å². The number of ether oxygens (including phenoxy) is 2. The van der Waals surface area contributed by atoms with E-state index < -0.39 is 0 Å². The quantitative estimate of drug-likeness (QED) is 0.594. The van der Waals surface area contributed by atoms with Crippen LogP contribution in [-0.2, 0) is 9.47 Å². The molecule has 2 aliphatic heterocycles. The molecule has 2 heterocycles. The van der Waals surface area contributed by atoms with Crippen LogP contribution >= 0.6 is 0 Å². The molecule has 1 amide bonds. The summed E-state index contributed by atoms with van der Waals surface area (Å²) in [5, 5.41) is 2.71. The van der Waals surface area contributed by atoms with Crippen LogP contribution in [0.4, 0.5) is 4.79 Å². The average Bonchev–Trinajstić information content (AvgIpc) is 2.55. The SMILES string of the molecule is O=C1NC(C2CCCO2)CO1. The molecule has 0 aliphatic carbocycles. The fourth-order valence-electron chi connectivity index (χ4n) is 1.52. The van der Waals surface area contributed by atoms with Crippen LogP contribution in [0.2, 0.25) is 0 Å². The van der Waals surface area contributed by atoms with Crippen molar-refractivity contribution in [3.63, 3.8) is 0 Å². The zero-order chi connectivity index (χ0) is 7.68. The predicted octanol–water partition coefficient (Wildman–Crippen LogP) is 0.274. The van der Waals surface area contributed by atoms with E-state index in [0.717, 1.165) is 19.4 Å². The summed E-state index contributed by atoms with van der Waals surface area (Å²) in [5.41, 5.74) is 0. The van der Waals surface area contributed by atoms with Gasteiger partial charge in [-0.3, -0.25) is 0 Å². The maximum Gasteiger partial charge on any atom is 0.407 e. The Morgan fingerprint density at radius 2 is 2.45 bits per heavy atom. The van der Waals surface area contributed by atoms with E-state index in [-0.39, 0.29) is 18.2 Å². The Labute approximate surface area is 64.9 Å². The van der Waals surface area contributed by atoms with Crippen molar-refractivity contribution in [1.82, 2.24) is 5.32 Å². The highest BCUT2D eigenvalue weighted by Crippen LogP contribution is 2.17. The number of carbonyl (C=O) groups is 1. The molecule has 0 aromatic rings. The summed E-state index contributed by atoms with van der Waals surface area (Å²) in [5.74, 6) is 0. The summed E-state index contributed by atoms with van der Waals surface area (Å²) >= 11 is 0. The van der Waals surface area contributed by atoms with Crippen LogP contribution in [0.15, 0.2) is 0 Å². The van der Waals surface area contributed by atoms with Gasteiger partial charge in [0.05, 0.1) is 12.1 Å². The Balaban J connectivity index is 1.90. The van der Waals surface area contributed by atoms with Gasteiger partial charge in [-0.25, -0.2) is 4.79 Å². The number of nitrogens with one attached hydrogen (secondary N) is 1. The van der Waals surface area contributed by atoms with Gasteiger partial charge in [0.15, 0.2) is 0 Å². The van der Waals surface area contributed by atoms with Crippen LogP contribution in [0.1, 0.15) is 12.8 Å². The molecule has 0 saturated carbocycles. The molecule has 4 heteroatoms. The first kappa shape index (κ1) is 6.91. The minimum Gasteiger partial charge on any atom is -0.447 e. The van der Waals surface area contributed by atoms with Crippen molar-refractivity contribution in [2.45, 2.75) is 25.0 Å². The van der Waals surface area contributed by atoms with Crippen molar-refractivity contribution in [3.05, 3.63) is 0 Å². The molecule has 62 valence electrons. The second-order valence-electron chi connectivity index (χ2n) is 2.90. The molecule has 2 fully saturated rings. The highest BCUT2D eigenvalue weighted by Gasteiger charge is 2.32. The molecule has 0 radical (unpaired) electrons. The Kier molecular flexibility index (Phi) is 1.69. The highest BCUT2D eigenvalue weighted by molar-refractivity contribution is 5.69. The number of cyclic esters (lactones) is 1. The largest absolute Gasteiger partial charge is 0.447 e. The van der Waals surface area contributed by atoms with E-state index in [0.29, 0.717) is 6.61 Å². The van der Waals surface area contributed by atoms with Crippen LogP contribution in [0.25, 0.3) is 0 Å². The van der Waals surface area contributed by atoms with Crippen LogP contribution in [0.5, 0.6) is 0 Å². The molecule has 1 N–H and O–H groups in total. The Hall–Kier alpha value is -0.770. The molecule has 0 aromatic carbocycles. The first-order chi connectivity index (χ1) is 5.36. The molecular weight excluding hydrogens is 146 g/mol. The third-order valence-corrected chi connectivity index (χ3v) is 2.11. The van der Waals surface area contributed by atoms with E-state index in [9.17, 15) is 4.79 Å². The Morgan fingerprint density at radius 3 is 3.00 bits per heavy atom. The normalized spacial score (nSPS) is 36.9. The van der Waals surface area contributed by atoms with Crippen LogP contribution in [0.3, 0.4) is 0 Å². The van der Waals surface area contributed by atoms with Gasteiger partial charge in [-0.1, -0.05) is 0 Å². The van der Waals surface area contributed by atoms with Crippen molar-refractivity contribution in [3.8, 4) is 0 Å². The summed E-state index contributed by atoms with van der Waals surface area (Å²) in [6.07, 6.45) is 2.00. The predicted molar refractivity (Wildman–Crippen MR) is 37.2 cm³/mol. The van der Waals surface area contributed by atoms with Crippen molar-refractivity contribution in [1.29, 1.82) is 0 Å².